The summed E-state index contributed by atoms with van der Waals surface area (Å²) >= 11 is 0. The molecule has 0 bridgehead atoms. The molecule has 146 valence electrons. The van der Waals surface area contributed by atoms with Gasteiger partial charge in [-0.2, -0.15) is 0 Å². The fourth-order valence-corrected chi connectivity index (χ4v) is 2.79. The summed E-state index contributed by atoms with van der Waals surface area (Å²) in [5.41, 5.74) is 1.43. The van der Waals surface area contributed by atoms with Gasteiger partial charge in [-0.05, 0) is 50.6 Å². The Morgan fingerprint density at radius 1 is 1.07 bits per heavy atom. The van der Waals surface area contributed by atoms with Crippen LogP contribution in [0.3, 0.4) is 0 Å². The van der Waals surface area contributed by atoms with Crippen LogP contribution in [0.1, 0.15) is 49.5 Å². The number of ether oxygens (including phenoxy) is 3. The fourth-order valence-electron chi connectivity index (χ4n) is 2.79. The number of benzene rings is 2. The highest BCUT2D eigenvalue weighted by atomic mass is 16.5. The molecule has 2 aromatic carbocycles. The number of rotatable bonds is 10. The summed E-state index contributed by atoms with van der Waals surface area (Å²) in [6.45, 7) is 6.90. The Kier molecular flexibility index (Phi) is 7.99. The molecule has 0 aliphatic heterocycles. The maximum atomic E-state index is 12.5. The van der Waals surface area contributed by atoms with E-state index in [2.05, 4.69) is 12.2 Å². The van der Waals surface area contributed by atoms with Gasteiger partial charge in [0, 0.05) is 23.2 Å². The zero-order valence-electron chi connectivity index (χ0n) is 16.6. The SMILES string of the molecule is CCC[C@H](C)NC(=O)c1ccc(OCC)c(COc2cccc(OC)c2)c1. The predicted molar refractivity (Wildman–Crippen MR) is 107 cm³/mol. The second kappa shape index (κ2) is 10.5. The second-order valence-corrected chi connectivity index (χ2v) is 6.39. The summed E-state index contributed by atoms with van der Waals surface area (Å²) < 4.78 is 16.8. The number of nitrogens with one attached hydrogen (secondary N) is 1. The van der Waals surface area contributed by atoms with Crippen LogP contribution in [-0.2, 0) is 6.61 Å². The highest BCUT2D eigenvalue weighted by Crippen LogP contribution is 2.24. The van der Waals surface area contributed by atoms with E-state index in [-0.39, 0.29) is 11.9 Å². The van der Waals surface area contributed by atoms with E-state index in [4.69, 9.17) is 14.2 Å². The van der Waals surface area contributed by atoms with Crippen molar-refractivity contribution in [2.45, 2.75) is 46.3 Å². The zero-order valence-corrected chi connectivity index (χ0v) is 16.6. The first-order valence-corrected chi connectivity index (χ1v) is 9.40. The van der Waals surface area contributed by atoms with Crippen LogP contribution in [-0.4, -0.2) is 25.7 Å². The summed E-state index contributed by atoms with van der Waals surface area (Å²) in [4.78, 5) is 12.5. The topological polar surface area (TPSA) is 56.8 Å². The lowest BCUT2D eigenvalue weighted by Crippen LogP contribution is -2.32. The van der Waals surface area contributed by atoms with Crippen molar-refractivity contribution in [1.82, 2.24) is 5.32 Å². The lowest BCUT2D eigenvalue weighted by molar-refractivity contribution is 0.0938. The van der Waals surface area contributed by atoms with Crippen molar-refractivity contribution >= 4 is 5.91 Å². The number of carbonyl (C=O) groups is 1. The highest BCUT2D eigenvalue weighted by Gasteiger charge is 2.13. The largest absolute Gasteiger partial charge is 0.497 e. The van der Waals surface area contributed by atoms with Crippen molar-refractivity contribution in [3.63, 3.8) is 0 Å². The molecule has 0 spiro atoms. The van der Waals surface area contributed by atoms with Crippen LogP contribution in [0.25, 0.3) is 0 Å². The Balaban J connectivity index is 2.15. The van der Waals surface area contributed by atoms with E-state index in [0.29, 0.717) is 24.5 Å². The molecule has 0 unspecified atom stereocenters. The molecule has 0 aromatic heterocycles. The first kappa shape index (κ1) is 20.6. The third-order valence-electron chi connectivity index (χ3n) is 4.16. The lowest BCUT2D eigenvalue weighted by atomic mass is 10.1. The number of methoxy groups -OCH3 is 1. The Bertz CT molecular complexity index is 745. The van der Waals surface area contributed by atoms with Gasteiger partial charge in [-0.25, -0.2) is 0 Å². The summed E-state index contributed by atoms with van der Waals surface area (Å²) in [7, 11) is 1.62. The molecule has 2 aromatic rings. The number of amides is 1. The lowest BCUT2D eigenvalue weighted by Gasteiger charge is -2.16. The van der Waals surface area contributed by atoms with Gasteiger partial charge in [0.05, 0.1) is 13.7 Å². The van der Waals surface area contributed by atoms with Crippen LogP contribution in [0, 0.1) is 0 Å². The van der Waals surface area contributed by atoms with E-state index >= 15 is 0 Å². The zero-order chi connectivity index (χ0) is 19.6. The monoisotopic (exact) mass is 371 g/mol. The Labute approximate surface area is 161 Å². The smallest absolute Gasteiger partial charge is 0.251 e. The highest BCUT2D eigenvalue weighted by molar-refractivity contribution is 5.94. The number of carbonyl (C=O) groups excluding carboxylic acids is 1. The van der Waals surface area contributed by atoms with Crippen LogP contribution in [0.2, 0.25) is 0 Å². The molecule has 0 heterocycles. The van der Waals surface area contributed by atoms with Gasteiger partial charge in [0.2, 0.25) is 0 Å². The van der Waals surface area contributed by atoms with Crippen molar-refractivity contribution < 1.29 is 19.0 Å². The standard InChI is InChI=1S/C22H29NO4/c1-5-8-16(3)23-22(24)17-11-12-21(26-6-2)18(13-17)15-27-20-10-7-9-19(14-20)25-4/h7,9-14,16H,5-6,8,15H2,1-4H3,(H,23,24)/t16-/m0/s1. The average Bonchev–Trinajstić information content (AvgIpc) is 2.67. The van der Waals surface area contributed by atoms with E-state index in [1.165, 1.54) is 0 Å². The Hall–Kier alpha value is -2.69. The first-order chi connectivity index (χ1) is 13.1. The molecular weight excluding hydrogens is 342 g/mol. The summed E-state index contributed by atoms with van der Waals surface area (Å²) in [5, 5.41) is 3.03. The van der Waals surface area contributed by atoms with Gasteiger partial charge in [-0.15, -0.1) is 0 Å². The number of hydrogen-bond donors (Lipinski definition) is 1. The van der Waals surface area contributed by atoms with Gasteiger partial charge in [0.25, 0.3) is 5.91 Å². The molecular formula is C22H29NO4. The molecule has 0 saturated carbocycles. The van der Waals surface area contributed by atoms with E-state index in [0.717, 1.165) is 29.9 Å². The summed E-state index contributed by atoms with van der Waals surface area (Å²) in [6.07, 6.45) is 1.99. The van der Waals surface area contributed by atoms with Crippen LogP contribution >= 0.6 is 0 Å². The van der Waals surface area contributed by atoms with Crippen molar-refractivity contribution in [2.75, 3.05) is 13.7 Å². The fraction of sp³-hybridized carbons (Fsp3) is 0.409. The molecule has 2 rings (SSSR count). The second-order valence-electron chi connectivity index (χ2n) is 6.39. The first-order valence-electron chi connectivity index (χ1n) is 9.40. The van der Waals surface area contributed by atoms with Crippen LogP contribution in [0.4, 0.5) is 0 Å². The van der Waals surface area contributed by atoms with Crippen molar-refractivity contribution in [2.24, 2.45) is 0 Å². The minimum Gasteiger partial charge on any atom is -0.497 e. The van der Waals surface area contributed by atoms with Crippen LogP contribution in [0.5, 0.6) is 17.2 Å². The van der Waals surface area contributed by atoms with Crippen molar-refractivity contribution in [1.29, 1.82) is 0 Å². The Morgan fingerprint density at radius 2 is 1.85 bits per heavy atom. The quantitative estimate of drug-likeness (QED) is 0.664. The third kappa shape index (κ3) is 6.20. The van der Waals surface area contributed by atoms with Crippen molar-refractivity contribution in [3.8, 4) is 17.2 Å². The molecule has 5 nitrogen and oxygen atoms in total. The minimum atomic E-state index is -0.0818. The molecule has 1 N–H and O–H groups in total. The van der Waals surface area contributed by atoms with Crippen LogP contribution in [0.15, 0.2) is 42.5 Å². The maximum absolute atomic E-state index is 12.5. The normalized spacial score (nSPS) is 11.6. The molecule has 27 heavy (non-hydrogen) atoms. The molecule has 0 radical (unpaired) electrons. The van der Waals surface area contributed by atoms with Gasteiger partial charge in [0.1, 0.15) is 23.9 Å². The summed E-state index contributed by atoms with van der Waals surface area (Å²) in [5.74, 6) is 2.07. The van der Waals surface area contributed by atoms with Crippen LogP contribution < -0.4 is 19.5 Å². The van der Waals surface area contributed by atoms with E-state index < -0.39 is 0 Å². The minimum absolute atomic E-state index is 0.0818. The molecule has 1 amide bonds. The summed E-state index contributed by atoms with van der Waals surface area (Å²) in [6, 6.07) is 13.0. The van der Waals surface area contributed by atoms with Gasteiger partial charge >= 0.3 is 0 Å². The maximum Gasteiger partial charge on any atom is 0.251 e. The predicted octanol–water partition coefficient (Wildman–Crippen LogP) is 4.59. The molecule has 0 saturated heterocycles. The molecule has 1 atom stereocenters. The van der Waals surface area contributed by atoms with E-state index in [1.807, 2.05) is 50.2 Å². The number of hydrogen-bond acceptors (Lipinski definition) is 4. The third-order valence-corrected chi connectivity index (χ3v) is 4.16. The van der Waals surface area contributed by atoms with E-state index in [9.17, 15) is 4.79 Å². The van der Waals surface area contributed by atoms with Gasteiger partial charge in [-0.1, -0.05) is 19.4 Å². The van der Waals surface area contributed by atoms with E-state index in [1.54, 1.807) is 13.2 Å². The van der Waals surface area contributed by atoms with Crippen molar-refractivity contribution in [3.05, 3.63) is 53.6 Å². The van der Waals surface area contributed by atoms with Gasteiger partial charge in [0.15, 0.2) is 0 Å². The average molecular weight is 371 g/mol. The molecule has 0 aliphatic carbocycles. The van der Waals surface area contributed by atoms with Gasteiger partial charge < -0.3 is 19.5 Å². The molecule has 5 heteroatoms. The van der Waals surface area contributed by atoms with Gasteiger partial charge in [-0.3, -0.25) is 4.79 Å². The molecule has 0 aliphatic rings. The Morgan fingerprint density at radius 3 is 2.56 bits per heavy atom. The molecule has 0 fully saturated rings.